The Kier molecular flexibility index (Phi) is 5.79. The number of carbonyl (C=O) groups excluding carboxylic acids is 1. The number of methoxy groups -OCH3 is 2. The average molecular weight is 282 g/mol. The Labute approximate surface area is 118 Å². The number of nitrogens with two attached hydrogens (primary N) is 1. The maximum absolute atomic E-state index is 12.1. The topological polar surface area (TPSA) is 93.8 Å². The molecule has 6 nitrogen and oxygen atoms in total. The van der Waals surface area contributed by atoms with E-state index in [1.54, 1.807) is 26.2 Å². The number of nitrogen functional groups attached to an aromatic ring is 1. The Balaban J connectivity index is 2.69. The summed E-state index contributed by atoms with van der Waals surface area (Å²) in [5, 5.41) is 12.7. The molecule has 0 aliphatic rings. The summed E-state index contributed by atoms with van der Waals surface area (Å²) in [5.74, 6) is 0.0973. The van der Waals surface area contributed by atoms with Crippen molar-refractivity contribution in [2.45, 2.75) is 18.9 Å². The molecule has 112 valence electrons. The third kappa shape index (κ3) is 4.71. The van der Waals surface area contributed by atoms with E-state index in [1.807, 2.05) is 0 Å². The molecule has 1 aromatic carbocycles. The molecule has 1 rings (SSSR count). The van der Waals surface area contributed by atoms with Crippen LogP contribution in [0.4, 0.5) is 5.69 Å². The van der Waals surface area contributed by atoms with Gasteiger partial charge in [0.25, 0.3) is 5.91 Å². The number of hydrogen-bond acceptors (Lipinski definition) is 5. The normalized spacial score (nSPS) is 13.6. The van der Waals surface area contributed by atoms with E-state index in [-0.39, 0.29) is 12.5 Å². The van der Waals surface area contributed by atoms with Gasteiger partial charge in [0, 0.05) is 32.4 Å². The van der Waals surface area contributed by atoms with E-state index in [4.69, 9.17) is 15.2 Å². The lowest BCUT2D eigenvalue weighted by atomic mass is 10.0. The first-order valence-corrected chi connectivity index (χ1v) is 6.32. The van der Waals surface area contributed by atoms with E-state index in [1.165, 1.54) is 13.2 Å². The van der Waals surface area contributed by atoms with Crippen LogP contribution in [0.25, 0.3) is 0 Å². The van der Waals surface area contributed by atoms with E-state index in [0.717, 1.165) is 0 Å². The second-order valence-corrected chi connectivity index (χ2v) is 4.88. The molecule has 20 heavy (non-hydrogen) atoms. The van der Waals surface area contributed by atoms with Crippen molar-refractivity contribution in [3.05, 3.63) is 23.8 Å². The lowest BCUT2D eigenvalue weighted by Gasteiger charge is -2.23. The van der Waals surface area contributed by atoms with Gasteiger partial charge in [-0.2, -0.15) is 0 Å². The van der Waals surface area contributed by atoms with Gasteiger partial charge in [-0.25, -0.2) is 0 Å². The number of rotatable bonds is 7. The van der Waals surface area contributed by atoms with Gasteiger partial charge < -0.3 is 25.6 Å². The summed E-state index contributed by atoms with van der Waals surface area (Å²) in [6, 6.07) is 4.83. The highest BCUT2D eigenvalue weighted by molar-refractivity contribution is 5.97. The first-order valence-electron chi connectivity index (χ1n) is 6.32. The van der Waals surface area contributed by atoms with Gasteiger partial charge in [-0.1, -0.05) is 0 Å². The molecular formula is C14H22N2O4. The summed E-state index contributed by atoms with van der Waals surface area (Å²) in [5.41, 5.74) is 5.45. The van der Waals surface area contributed by atoms with Crippen LogP contribution in [0.1, 0.15) is 23.7 Å². The van der Waals surface area contributed by atoms with Crippen LogP contribution in [0.5, 0.6) is 5.75 Å². The third-order valence-corrected chi connectivity index (χ3v) is 2.94. The van der Waals surface area contributed by atoms with E-state index in [9.17, 15) is 9.90 Å². The van der Waals surface area contributed by atoms with Gasteiger partial charge in [0.05, 0.1) is 18.3 Å². The maximum Gasteiger partial charge on any atom is 0.255 e. The fourth-order valence-electron chi connectivity index (χ4n) is 1.68. The number of hydrogen-bond donors (Lipinski definition) is 3. The molecule has 0 aliphatic carbocycles. The smallest absolute Gasteiger partial charge is 0.255 e. The van der Waals surface area contributed by atoms with Crippen molar-refractivity contribution < 1.29 is 19.4 Å². The van der Waals surface area contributed by atoms with Gasteiger partial charge in [-0.15, -0.1) is 0 Å². The number of nitrogens with one attached hydrogen (secondary N) is 1. The molecule has 1 unspecified atom stereocenters. The van der Waals surface area contributed by atoms with Gasteiger partial charge >= 0.3 is 0 Å². The number of benzene rings is 1. The summed E-state index contributed by atoms with van der Waals surface area (Å²) in [4.78, 5) is 12.1. The summed E-state index contributed by atoms with van der Waals surface area (Å²) in [6.45, 7) is 2.18. The highest BCUT2D eigenvalue weighted by Gasteiger charge is 2.22. The molecule has 1 aromatic rings. The fraction of sp³-hybridized carbons (Fsp3) is 0.500. The Morgan fingerprint density at radius 1 is 1.45 bits per heavy atom. The first-order chi connectivity index (χ1) is 9.39. The van der Waals surface area contributed by atoms with E-state index in [2.05, 4.69) is 5.32 Å². The largest absolute Gasteiger partial charge is 0.496 e. The molecule has 0 aromatic heterocycles. The summed E-state index contributed by atoms with van der Waals surface area (Å²) >= 11 is 0. The van der Waals surface area contributed by atoms with Crippen molar-refractivity contribution in [2.75, 3.05) is 33.1 Å². The zero-order valence-corrected chi connectivity index (χ0v) is 12.1. The Morgan fingerprint density at radius 3 is 2.75 bits per heavy atom. The molecule has 0 saturated heterocycles. The monoisotopic (exact) mass is 282 g/mol. The SMILES string of the molecule is COCCC(C)(O)CNC(=O)c1cc(N)ccc1OC. The van der Waals surface area contributed by atoms with Crippen molar-refractivity contribution in [1.82, 2.24) is 5.32 Å². The third-order valence-electron chi connectivity index (χ3n) is 2.94. The van der Waals surface area contributed by atoms with Crippen LogP contribution < -0.4 is 15.8 Å². The molecule has 0 saturated carbocycles. The Hall–Kier alpha value is -1.79. The number of amides is 1. The molecule has 0 spiro atoms. The van der Waals surface area contributed by atoms with Gasteiger partial charge in [0.2, 0.25) is 0 Å². The van der Waals surface area contributed by atoms with E-state index >= 15 is 0 Å². The van der Waals surface area contributed by atoms with Crippen molar-refractivity contribution in [3.8, 4) is 5.75 Å². The van der Waals surface area contributed by atoms with Crippen molar-refractivity contribution in [2.24, 2.45) is 0 Å². The fourth-order valence-corrected chi connectivity index (χ4v) is 1.68. The predicted molar refractivity (Wildman–Crippen MR) is 76.9 cm³/mol. The number of anilines is 1. The molecule has 1 amide bonds. The number of aliphatic hydroxyl groups is 1. The molecule has 0 aliphatic heterocycles. The lowest BCUT2D eigenvalue weighted by molar-refractivity contribution is 0.0243. The van der Waals surface area contributed by atoms with Crippen LogP contribution in [-0.4, -0.2) is 44.0 Å². The zero-order chi connectivity index (χ0) is 15.2. The van der Waals surface area contributed by atoms with Crippen molar-refractivity contribution in [1.29, 1.82) is 0 Å². The van der Waals surface area contributed by atoms with Crippen LogP contribution in [0.3, 0.4) is 0 Å². The standard InChI is InChI=1S/C14H22N2O4/c1-14(18,6-7-19-2)9-16-13(17)11-8-10(15)4-5-12(11)20-3/h4-5,8,18H,6-7,9,15H2,1-3H3,(H,16,17). The highest BCUT2D eigenvalue weighted by atomic mass is 16.5. The number of carbonyl (C=O) groups is 1. The Morgan fingerprint density at radius 2 is 2.15 bits per heavy atom. The van der Waals surface area contributed by atoms with Crippen LogP contribution in [-0.2, 0) is 4.74 Å². The molecule has 0 bridgehead atoms. The van der Waals surface area contributed by atoms with Crippen LogP contribution >= 0.6 is 0 Å². The van der Waals surface area contributed by atoms with Crippen LogP contribution in [0.2, 0.25) is 0 Å². The first kappa shape index (κ1) is 16.3. The molecular weight excluding hydrogens is 260 g/mol. The molecule has 0 heterocycles. The average Bonchev–Trinajstić information content (AvgIpc) is 2.42. The predicted octanol–water partition coefficient (Wildman–Crippen LogP) is 0.795. The van der Waals surface area contributed by atoms with Crippen molar-refractivity contribution in [3.63, 3.8) is 0 Å². The minimum Gasteiger partial charge on any atom is -0.496 e. The second kappa shape index (κ2) is 7.12. The van der Waals surface area contributed by atoms with E-state index in [0.29, 0.717) is 30.0 Å². The Bertz CT molecular complexity index is 460. The number of ether oxygens (including phenoxy) is 2. The van der Waals surface area contributed by atoms with E-state index < -0.39 is 5.60 Å². The zero-order valence-electron chi connectivity index (χ0n) is 12.1. The van der Waals surface area contributed by atoms with Crippen LogP contribution in [0, 0.1) is 0 Å². The lowest BCUT2D eigenvalue weighted by Crippen LogP contribution is -2.41. The maximum atomic E-state index is 12.1. The summed E-state index contributed by atoms with van der Waals surface area (Å²) < 4.78 is 10.0. The minimum absolute atomic E-state index is 0.118. The van der Waals surface area contributed by atoms with Crippen LogP contribution in [0.15, 0.2) is 18.2 Å². The van der Waals surface area contributed by atoms with Gasteiger partial charge in [0.1, 0.15) is 5.75 Å². The summed E-state index contributed by atoms with van der Waals surface area (Å²) in [6.07, 6.45) is 0.428. The van der Waals surface area contributed by atoms with Gasteiger partial charge in [-0.05, 0) is 25.1 Å². The molecule has 4 N–H and O–H groups in total. The second-order valence-electron chi connectivity index (χ2n) is 4.88. The molecule has 6 heteroatoms. The van der Waals surface area contributed by atoms with Gasteiger partial charge in [0.15, 0.2) is 0 Å². The van der Waals surface area contributed by atoms with Gasteiger partial charge in [-0.3, -0.25) is 4.79 Å². The molecule has 1 atom stereocenters. The molecule has 0 radical (unpaired) electrons. The quantitative estimate of drug-likeness (QED) is 0.643. The minimum atomic E-state index is -1.03. The summed E-state index contributed by atoms with van der Waals surface area (Å²) in [7, 11) is 3.04. The highest BCUT2D eigenvalue weighted by Crippen LogP contribution is 2.21. The van der Waals surface area contributed by atoms with Crippen molar-refractivity contribution >= 4 is 11.6 Å². The molecule has 0 fully saturated rings.